The van der Waals surface area contributed by atoms with Crippen LogP contribution in [0.15, 0.2) is 48.5 Å². The largest absolute Gasteiger partial charge is 0.484 e. The molecule has 148 valence electrons. The third-order valence-corrected chi connectivity index (χ3v) is 3.53. The number of carbonyl (C=O) groups is 3. The van der Waals surface area contributed by atoms with E-state index < -0.39 is 17.8 Å². The van der Waals surface area contributed by atoms with Gasteiger partial charge in [-0.1, -0.05) is 18.2 Å². The van der Waals surface area contributed by atoms with Gasteiger partial charge < -0.3 is 14.2 Å². The van der Waals surface area contributed by atoms with Gasteiger partial charge in [-0.15, -0.1) is 0 Å². The predicted octanol–water partition coefficient (Wildman–Crippen LogP) is 1.78. The monoisotopic (exact) mass is 386 g/mol. The minimum Gasteiger partial charge on any atom is -0.484 e. The van der Waals surface area contributed by atoms with Gasteiger partial charge in [0.2, 0.25) is 0 Å². The van der Waals surface area contributed by atoms with E-state index in [9.17, 15) is 14.4 Å². The molecule has 2 amide bonds. The Hall–Kier alpha value is -3.55. The Morgan fingerprint density at radius 2 is 1.46 bits per heavy atom. The highest BCUT2D eigenvalue weighted by atomic mass is 16.5. The zero-order valence-electron chi connectivity index (χ0n) is 15.7. The smallest absolute Gasteiger partial charge is 0.338 e. The molecule has 0 saturated heterocycles. The maximum atomic E-state index is 11.7. The zero-order chi connectivity index (χ0) is 20.4. The highest BCUT2D eigenvalue weighted by molar-refractivity contribution is 5.89. The van der Waals surface area contributed by atoms with Gasteiger partial charge in [0, 0.05) is 0 Å². The van der Waals surface area contributed by atoms with Crippen molar-refractivity contribution in [1.82, 2.24) is 10.9 Å². The highest BCUT2D eigenvalue weighted by Crippen LogP contribution is 2.15. The third kappa shape index (κ3) is 6.64. The molecule has 0 aromatic heterocycles. The van der Waals surface area contributed by atoms with Crippen LogP contribution in [0.25, 0.3) is 0 Å². The molecule has 0 radical (unpaired) electrons. The third-order valence-electron chi connectivity index (χ3n) is 3.53. The van der Waals surface area contributed by atoms with Crippen LogP contribution in [0.2, 0.25) is 0 Å². The minimum absolute atomic E-state index is 0.235. The van der Waals surface area contributed by atoms with Crippen LogP contribution in [0.4, 0.5) is 0 Å². The van der Waals surface area contributed by atoms with Crippen LogP contribution < -0.4 is 20.3 Å². The van der Waals surface area contributed by atoms with E-state index in [-0.39, 0.29) is 13.2 Å². The van der Waals surface area contributed by atoms with Crippen molar-refractivity contribution in [2.24, 2.45) is 0 Å². The molecular weight excluding hydrogens is 364 g/mol. The second-order valence-electron chi connectivity index (χ2n) is 5.68. The van der Waals surface area contributed by atoms with E-state index in [1.807, 2.05) is 19.1 Å². The fourth-order valence-electron chi connectivity index (χ4n) is 2.12. The van der Waals surface area contributed by atoms with Crippen LogP contribution in [-0.2, 0) is 14.3 Å². The number of amides is 2. The van der Waals surface area contributed by atoms with Crippen LogP contribution in [-0.4, -0.2) is 37.6 Å². The number of ether oxygens (including phenoxy) is 3. The SMILES string of the molecule is CCOC(=O)c1ccc(OCC(=O)NNC(=O)COc2ccccc2C)cc1. The molecule has 2 aromatic carbocycles. The maximum Gasteiger partial charge on any atom is 0.338 e. The summed E-state index contributed by atoms with van der Waals surface area (Å²) in [6, 6.07) is 13.5. The van der Waals surface area contributed by atoms with Gasteiger partial charge in [0.15, 0.2) is 13.2 Å². The normalized spacial score (nSPS) is 9.93. The van der Waals surface area contributed by atoms with Gasteiger partial charge in [-0.05, 0) is 49.7 Å². The van der Waals surface area contributed by atoms with E-state index >= 15 is 0 Å². The Morgan fingerprint density at radius 1 is 0.857 bits per heavy atom. The fourth-order valence-corrected chi connectivity index (χ4v) is 2.12. The first-order valence-corrected chi connectivity index (χ1v) is 8.65. The molecular formula is C20H22N2O6. The Bertz CT molecular complexity index is 820. The first-order chi connectivity index (χ1) is 13.5. The summed E-state index contributed by atoms with van der Waals surface area (Å²) in [5.41, 5.74) is 5.77. The molecule has 8 heteroatoms. The summed E-state index contributed by atoms with van der Waals surface area (Å²) in [5.74, 6) is -0.479. The zero-order valence-corrected chi connectivity index (χ0v) is 15.7. The summed E-state index contributed by atoms with van der Waals surface area (Å²) in [7, 11) is 0. The number of para-hydroxylation sites is 1. The molecule has 0 aliphatic heterocycles. The molecule has 0 aliphatic carbocycles. The van der Waals surface area contributed by atoms with Crippen molar-refractivity contribution in [3.63, 3.8) is 0 Å². The number of esters is 1. The number of benzene rings is 2. The standard InChI is InChI=1S/C20H22N2O6/c1-3-26-20(25)15-8-10-16(11-9-15)27-12-18(23)21-22-19(24)13-28-17-7-5-4-6-14(17)2/h4-11H,3,12-13H2,1-2H3,(H,21,23)(H,22,24). The van der Waals surface area contributed by atoms with Crippen molar-refractivity contribution in [3.05, 3.63) is 59.7 Å². The quantitative estimate of drug-likeness (QED) is 0.530. The van der Waals surface area contributed by atoms with E-state index in [1.54, 1.807) is 31.2 Å². The number of aryl methyl sites for hydroxylation is 1. The number of hydrogen-bond acceptors (Lipinski definition) is 6. The molecule has 0 fully saturated rings. The van der Waals surface area contributed by atoms with E-state index in [1.165, 1.54) is 12.1 Å². The molecule has 0 heterocycles. The number of rotatable bonds is 8. The second-order valence-corrected chi connectivity index (χ2v) is 5.68. The van der Waals surface area contributed by atoms with E-state index in [4.69, 9.17) is 14.2 Å². The summed E-state index contributed by atoms with van der Waals surface area (Å²) in [5, 5.41) is 0. The highest BCUT2D eigenvalue weighted by Gasteiger charge is 2.09. The molecule has 2 rings (SSSR count). The lowest BCUT2D eigenvalue weighted by Crippen LogP contribution is -2.45. The van der Waals surface area contributed by atoms with Gasteiger partial charge in [-0.2, -0.15) is 0 Å². The number of carbonyl (C=O) groups excluding carboxylic acids is 3. The Balaban J connectivity index is 1.68. The lowest BCUT2D eigenvalue weighted by Gasteiger charge is -2.11. The van der Waals surface area contributed by atoms with Gasteiger partial charge >= 0.3 is 5.97 Å². The lowest BCUT2D eigenvalue weighted by atomic mass is 10.2. The Labute approximate surface area is 162 Å². The lowest BCUT2D eigenvalue weighted by molar-refractivity contribution is -0.131. The maximum absolute atomic E-state index is 11.7. The molecule has 0 aliphatic rings. The van der Waals surface area contributed by atoms with Crippen molar-refractivity contribution in [2.45, 2.75) is 13.8 Å². The average molecular weight is 386 g/mol. The second kappa shape index (κ2) is 10.6. The topological polar surface area (TPSA) is 103 Å². The molecule has 0 spiro atoms. The molecule has 8 nitrogen and oxygen atoms in total. The van der Waals surface area contributed by atoms with Gasteiger partial charge in [0.25, 0.3) is 11.8 Å². The molecule has 0 saturated carbocycles. The molecule has 0 unspecified atom stereocenters. The Kier molecular flexibility index (Phi) is 7.83. The number of hydrazine groups is 1. The summed E-state index contributed by atoms with van der Waals surface area (Å²) < 4.78 is 15.5. The van der Waals surface area contributed by atoms with Crippen LogP contribution in [0.1, 0.15) is 22.8 Å². The first-order valence-electron chi connectivity index (χ1n) is 8.65. The number of hydrogen-bond donors (Lipinski definition) is 2. The van der Waals surface area contributed by atoms with Gasteiger partial charge in [0.1, 0.15) is 11.5 Å². The van der Waals surface area contributed by atoms with Gasteiger partial charge in [-0.25, -0.2) is 4.79 Å². The van der Waals surface area contributed by atoms with Gasteiger partial charge in [-0.3, -0.25) is 20.4 Å². The molecule has 28 heavy (non-hydrogen) atoms. The van der Waals surface area contributed by atoms with Crippen LogP contribution in [0, 0.1) is 6.92 Å². The minimum atomic E-state index is -0.543. The fraction of sp³-hybridized carbons (Fsp3) is 0.250. The van der Waals surface area contributed by atoms with Crippen molar-refractivity contribution in [1.29, 1.82) is 0 Å². The van der Waals surface area contributed by atoms with Crippen molar-refractivity contribution >= 4 is 17.8 Å². The summed E-state index contributed by atoms with van der Waals surface area (Å²) in [4.78, 5) is 35.0. The van der Waals surface area contributed by atoms with Crippen LogP contribution in [0.3, 0.4) is 0 Å². The van der Waals surface area contributed by atoms with Gasteiger partial charge in [0.05, 0.1) is 12.2 Å². The molecule has 2 N–H and O–H groups in total. The van der Waals surface area contributed by atoms with Crippen LogP contribution >= 0.6 is 0 Å². The molecule has 2 aromatic rings. The van der Waals surface area contributed by atoms with Crippen LogP contribution in [0.5, 0.6) is 11.5 Å². The number of nitrogens with one attached hydrogen (secondary N) is 2. The molecule has 0 atom stereocenters. The summed E-state index contributed by atoms with van der Waals surface area (Å²) in [6.07, 6.45) is 0. The Morgan fingerprint density at radius 3 is 2.07 bits per heavy atom. The van der Waals surface area contributed by atoms with E-state index in [2.05, 4.69) is 10.9 Å². The summed E-state index contributed by atoms with van der Waals surface area (Å²) >= 11 is 0. The summed E-state index contributed by atoms with van der Waals surface area (Å²) in [6.45, 7) is 3.34. The first kappa shape index (κ1) is 20.8. The van der Waals surface area contributed by atoms with Crippen molar-refractivity contribution in [2.75, 3.05) is 19.8 Å². The van der Waals surface area contributed by atoms with E-state index in [0.29, 0.717) is 23.7 Å². The van der Waals surface area contributed by atoms with Crippen molar-refractivity contribution < 1.29 is 28.6 Å². The molecule has 0 bridgehead atoms. The van der Waals surface area contributed by atoms with Crippen molar-refractivity contribution in [3.8, 4) is 11.5 Å². The van der Waals surface area contributed by atoms with E-state index in [0.717, 1.165) is 5.56 Å². The average Bonchev–Trinajstić information content (AvgIpc) is 2.70. The predicted molar refractivity (Wildman–Crippen MR) is 101 cm³/mol.